The molecular weight excluding hydrogens is 273 g/mol. The van der Waals surface area contributed by atoms with Crippen molar-refractivity contribution in [3.63, 3.8) is 0 Å². The Kier molecular flexibility index (Phi) is 4.29. The fourth-order valence-corrected chi connectivity index (χ4v) is 1.96. The molecule has 1 heterocycles. The Bertz CT molecular complexity index is 497. The van der Waals surface area contributed by atoms with Crippen molar-refractivity contribution in [2.45, 2.75) is 19.2 Å². The molecular formula is C13H15F3N2O2. The number of benzene rings is 1. The van der Waals surface area contributed by atoms with Crippen LogP contribution in [0.5, 0.6) is 0 Å². The van der Waals surface area contributed by atoms with E-state index >= 15 is 0 Å². The molecule has 1 atom stereocenters. The van der Waals surface area contributed by atoms with E-state index in [0.29, 0.717) is 19.7 Å². The molecule has 4 nitrogen and oxygen atoms in total. The average Bonchev–Trinajstić information content (AvgIpc) is 2.40. The van der Waals surface area contributed by atoms with Crippen LogP contribution in [0.2, 0.25) is 0 Å². The summed E-state index contributed by atoms with van der Waals surface area (Å²) in [6.07, 6.45) is -5.12. The van der Waals surface area contributed by atoms with Gasteiger partial charge in [0.15, 0.2) is 0 Å². The molecule has 1 aromatic rings. The molecule has 20 heavy (non-hydrogen) atoms. The van der Waals surface area contributed by atoms with Gasteiger partial charge >= 0.3 is 6.18 Å². The molecule has 1 aromatic carbocycles. The summed E-state index contributed by atoms with van der Waals surface area (Å²) in [5, 5.41) is 5.43. The highest BCUT2D eigenvalue weighted by atomic mass is 19.4. The molecule has 0 saturated carbocycles. The third kappa shape index (κ3) is 3.49. The first-order valence-corrected chi connectivity index (χ1v) is 6.19. The lowest BCUT2D eigenvalue weighted by Crippen LogP contribution is -2.45. The van der Waals surface area contributed by atoms with E-state index in [1.807, 2.05) is 0 Å². The van der Waals surface area contributed by atoms with Gasteiger partial charge in [-0.15, -0.1) is 0 Å². The van der Waals surface area contributed by atoms with E-state index in [4.69, 9.17) is 4.74 Å². The van der Waals surface area contributed by atoms with Crippen LogP contribution < -0.4 is 10.6 Å². The topological polar surface area (TPSA) is 50.4 Å². The first-order chi connectivity index (χ1) is 9.38. The van der Waals surface area contributed by atoms with Crippen molar-refractivity contribution in [2.24, 2.45) is 0 Å². The molecule has 0 aromatic heterocycles. The normalized spacial score (nSPS) is 19.7. The van der Waals surface area contributed by atoms with E-state index in [1.165, 1.54) is 19.1 Å². The predicted molar refractivity (Wildman–Crippen MR) is 67.4 cm³/mol. The number of rotatable bonds is 2. The zero-order chi connectivity index (χ0) is 14.8. The Balaban J connectivity index is 2.11. The van der Waals surface area contributed by atoms with Gasteiger partial charge in [0.1, 0.15) is 6.10 Å². The van der Waals surface area contributed by atoms with Crippen LogP contribution in [-0.2, 0) is 15.7 Å². The van der Waals surface area contributed by atoms with Gasteiger partial charge in [-0.3, -0.25) is 4.79 Å². The van der Waals surface area contributed by atoms with Crippen LogP contribution >= 0.6 is 0 Å². The lowest BCUT2D eigenvalue weighted by atomic mass is 10.1. The summed E-state index contributed by atoms with van der Waals surface area (Å²) in [5.41, 5.74) is -0.522. The SMILES string of the molecule is Cc1ccc(NC(=O)C2CNCCO2)cc1C(F)(F)F. The van der Waals surface area contributed by atoms with E-state index in [0.717, 1.165) is 6.07 Å². The zero-order valence-corrected chi connectivity index (χ0v) is 10.9. The minimum atomic E-state index is -4.44. The average molecular weight is 288 g/mol. The van der Waals surface area contributed by atoms with E-state index in [2.05, 4.69) is 10.6 Å². The Morgan fingerprint density at radius 2 is 2.20 bits per heavy atom. The minimum Gasteiger partial charge on any atom is -0.366 e. The third-order valence-corrected chi connectivity index (χ3v) is 3.03. The van der Waals surface area contributed by atoms with Crippen LogP contribution in [0.15, 0.2) is 18.2 Å². The van der Waals surface area contributed by atoms with Crippen LogP contribution in [-0.4, -0.2) is 31.7 Å². The molecule has 110 valence electrons. The second kappa shape index (κ2) is 5.80. The van der Waals surface area contributed by atoms with Gasteiger partial charge in [0.25, 0.3) is 5.91 Å². The van der Waals surface area contributed by atoms with Crippen molar-refractivity contribution in [3.8, 4) is 0 Å². The number of hydrogen-bond donors (Lipinski definition) is 2. The standard InChI is InChI=1S/C13H15F3N2O2/c1-8-2-3-9(6-10(8)13(14,15)16)18-12(19)11-7-17-4-5-20-11/h2-3,6,11,17H,4-5,7H2,1H3,(H,18,19). The molecule has 2 rings (SSSR count). The van der Waals surface area contributed by atoms with Gasteiger partial charge in [0, 0.05) is 18.8 Å². The summed E-state index contributed by atoms with van der Waals surface area (Å²) in [6.45, 7) is 2.79. The van der Waals surface area contributed by atoms with Crippen molar-refractivity contribution in [1.29, 1.82) is 0 Å². The van der Waals surface area contributed by atoms with Crippen molar-refractivity contribution in [1.82, 2.24) is 5.32 Å². The number of aryl methyl sites for hydroxylation is 1. The predicted octanol–water partition coefficient (Wildman–Crippen LogP) is 1.94. The molecule has 0 radical (unpaired) electrons. The maximum Gasteiger partial charge on any atom is 0.416 e. The summed E-state index contributed by atoms with van der Waals surface area (Å²) >= 11 is 0. The van der Waals surface area contributed by atoms with Gasteiger partial charge in [-0.05, 0) is 24.6 Å². The van der Waals surface area contributed by atoms with Crippen LogP contribution in [0.3, 0.4) is 0 Å². The molecule has 0 spiro atoms. The summed E-state index contributed by atoms with van der Waals surface area (Å²) in [4.78, 5) is 11.9. The van der Waals surface area contributed by atoms with Crippen LogP contribution in [0.25, 0.3) is 0 Å². The van der Waals surface area contributed by atoms with Crippen molar-refractivity contribution in [3.05, 3.63) is 29.3 Å². The molecule has 1 unspecified atom stereocenters. The van der Waals surface area contributed by atoms with Crippen molar-refractivity contribution < 1.29 is 22.7 Å². The fraction of sp³-hybridized carbons (Fsp3) is 0.462. The molecule has 0 bridgehead atoms. The Morgan fingerprint density at radius 3 is 2.80 bits per heavy atom. The molecule has 2 N–H and O–H groups in total. The number of alkyl halides is 3. The second-order valence-corrected chi connectivity index (χ2v) is 4.58. The summed E-state index contributed by atoms with van der Waals surface area (Å²) in [7, 11) is 0. The molecule has 7 heteroatoms. The van der Waals surface area contributed by atoms with Gasteiger partial charge in [-0.1, -0.05) is 6.07 Å². The molecule has 1 saturated heterocycles. The maximum absolute atomic E-state index is 12.8. The summed E-state index contributed by atoms with van der Waals surface area (Å²) in [6, 6.07) is 3.71. The lowest BCUT2D eigenvalue weighted by Gasteiger charge is -2.23. The number of ether oxygens (including phenoxy) is 1. The zero-order valence-electron chi connectivity index (χ0n) is 10.9. The number of carbonyl (C=O) groups excluding carboxylic acids is 1. The van der Waals surface area contributed by atoms with Crippen LogP contribution in [0.1, 0.15) is 11.1 Å². The highest BCUT2D eigenvalue weighted by Crippen LogP contribution is 2.33. The molecule has 1 fully saturated rings. The fourth-order valence-electron chi connectivity index (χ4n) is 1.96. The minimum absolute atomic E-state index is 0.113. The molecule has 0 aliphatic carbocycles. The first kappa shape index (κ1) is 14.8. The maximum atomic E-state index is 12.8. The smallest absolute Gasteiger partial charge is 0.366 e. The molecule has 1 aliphatic rings. The Labute approximate surface area is 114 Å². The molecule has 1 aliphatic heterocycles. The number of hydrogen-bond acceptors (Lipinski definition) is 3. The highest BCUT2D eigenvalue weighted by molar-refractivity contribution is 5.94. The molecule has 1 amide bonds. The van der Waals surface area contributed by atoms with Gasteiger partial charge in [0.2, 0.25) is 0 Å². The summed E-state index contributed by atoms with van der Waals surface area (Å²) < 4.78 is 43.6. The van der Waals surface area contributed by atoms with Gasteiger partial charge in [0.05, 0.1) is 12.2 Å². The van der Waals surface area contributed by atoms with E-state index in [9.17, 15) is 18.0 Å². The van der Waals surface area contributed by atoms with Gasteiger partial charge in [-0.2, -0.15) is 13.2 Å². The first-order valence-electron chi connectivity index (χ1n) is 6.19. The quantitative estimate of drug-likeness (QED) is 0.874. The largest absolute Gasteiger partial charge is 0.416 e. The van der Waals surface area contributed by atoms with E-state index in [1.54, 1.807) is 0 Å². The number of anilines is 1. The number of amides is 1. The Hall–Kier alpha value is -1.60. The number of nitrogens with one attached hydrogen (secondary N) is 2. The van der Waals surface area contributed by atoms with E-state index in [-0.39, 0.29) is 11.3 Å². The number of carbonyl (C=O) groups is 1. The summed E-state index contributed by atoms with van der Waals surface area (Å²) in [5.74, 6) is -0.450. The van der Waals surface area contributed by atoms with Crippen molar-refractivity contribution >= 4 is 11.6 Å². The highest BCUT2D eigenvalue weighted by Gasteiger charge is 2.32. The Morgan fingerprint density at radius 1 is 1.45 bits per heavy atom. The number of halogens is 3. The monoisotopic (exact) mass is 288 g/mol. The van der Waals surface area contributed by atoms with E-state index < -0.39 is 23.8 Å². The van der Waals surface area contributed by atoms with Crippen LogP contribution in [0.4, 0.5) is 18.9 Å². The second-order valence-electron chi connectivity index (χ2n) is 4.58. The lowest BCUT2D eigenvalue weighted by molar-refractivity contribution is -0.138. The van der Waals surface area contributed by atoms with Crippen molar-refractivity contribution in [2.75, 3.05) is 25.0 Å². The van der Waals surface area contributed by atoms with Crippen LogP contribution in [0, 0.1) is 6.92 Å². The third-order valence-electron chi connectivity index (χ3n) is 3.03. The van der Waals surface area contributed by atoms with Gasteiger partial charge in [-0.25, -0.2) is 0 Å². The number of morpholine rings is 1. The van der Waals surface area contributed by atoms with Gasteiger partial charge < -0.3 is 15.4 Å².